The van der Waals surface area contributed by atoms with Crippen LogP contribution >= 0.6 is 11.6 Å². The van der Waals surface area contributed by atoms with Crippen molar-refractivity contribution in [2.24, 2.45) is 5.73 Å². The predicted molar refractivity (Wildman–Crippen MR) is 122 cm³/mol. The summed E-state index contributed by atoms with van der Waals surface area (Å²) < 4.78 is 4.90. The van der Waals surface area contributed by atoms with Crippen LogP contribution in [0.1, 0.15) is 55.9 Å². The Hall–Kier alpha value is -2.77. The van der Waals surface area contributed by atoms with Gasteiger partial charge in [0, 0.05) is 6.42 Å². The van der Waals surface area contributed by atoms with Crippen molar-refractivity contribution in [3.05, 3.63) is 57.6 Å². The fraction of sp³-hybridized carbons (Fsp3) is 0.417. The van der Waals surface area contributed by atoms with E-state index in [9.17, 15) is 19.8 Å². The number of fused-ring (bicyclic) bond motifs is 1. The molecule has 2 aromatic rings. The summed E-state index contributed by atoms with van der Waals surface area (Å²) in [4.78, 5) is 26.1. The number of imide groups is 1. The number of aromatic hydroxyl groups is 2. The van der Waals surface area contributed by atoms with Crippen LogP contribution in [0.3, 0.4) is 0 Å². The van der Waals surface area contributed by atoms with Gasteiger partial charge in [-0.1, -0.05) is 36.7 Å². The molecule has 0 aliphatic carbocycles. The Kier molecular flexibility index (Phi) is 6.45. The van der Waals surface area contributed by atoms with E-state index in [1.165, 1.54) is 0 Å². The molecule has 0 saturated heterocycles. The van der Waals surface area contributed by atoms with Gasteiger partial charge >= 0.3 is 12.1 Å². The fourth-order valence-corrected chi connectivity index (χ4v) is 4.51. The molecule has 172 valence electrons. The molecule has 0 bridgehead atoms. The molecule has 32 heavy (non-hydrogen) atoms. The zero-order chi connectivity index (χ0) is 23.8. The molecule has 1 heterocycles. The lowest BCUT2D eigenvalue weighted by Crippen LogP contribution is -2.62. The van der Waals surface area contributed by atoms with E-state index >= 15 is 0 Å². The fourth-order valence-electron chi connectivity index (χ4n) is 4.19. The summed E-state index contributed by atoms with van der Waals surface area (Å²) in [5.41, 5.74) is 7.96. The van der Waals surface area contributed by atoms with Gasteiger partial charge in [-0.3, -0.25) is 0 Å². The first kappa shape index (κ1) is 23.9. The molecule has 0 spiro atoms. The third kappa shape index (κ3) is 4.40. The standard InChI is InChI=1S/C24H29ClN2O5/c1-5-14-12-18-17(20(25)21(14)29)10-11-27(22(26)30,23(31)32-24(2,3)4)13-19(18)15-6-8-16(28)9-7-15/h6-9,12,19H,5,10-11,13H2,1-4H3,(H3-,26,28,29,30)/p+1. The quantitative estimate of drug-likeness (QED) is 0.554. The summed E-state index contributed by atoms with van der Waals surface area (Å²) in [6.45, 7) is 7.19. The molecule has 2 unspecified atom stereocenters. The van der Waals surface area contributed by atoms with Crippen LogP contribution < -0.4 is 5.73 Å². The molecule has 3 amide bonds. The molecule has 2 atom stereocenters. The van der Waals surface area contributed by atoms with Gasteiger partial charge in [0.15, 0.2) is 0 Å². The van der Waals surface area contributed by atoms with Crippen molar-refractivity contribution in [2.75, 3.05) is 13.1 Å². The second kappa shape index (κ2) is 8.64. The zero-order valence-corrected chi connectivity index (χ0v) is 19.6. The number of phenolic OH excluding ortho intramolecular Hbond substituents is 2. The smallest absolute Gasteiger partial charge is 0.508 e. The number of primary amides is 1. The highest BCUT2D eigenvalue weighted by Gasteiger charge is 2.51. The second-order valence-corrected chi connectivity index (χ2v) is 9.58. The third-order valence-electron chi connectivity index (χ3n) is 5.91. The highest BCUT2D eigenvalue weighted by atomic mass is 35.5. The number of carbonyl (C=O) groups is 2. The van der Waals surface area contributed by atoms with Crippen molar-refractivity contribution in [3.63, 3.8) is 0 Å². The van der Waals surface area contributed by atoms with Gasteiger partial charge in [-0.2, -0.15) is 4.79 Å². The Balaban J connectivity index is 2.24. The summed E-state index contributed by atoms with van der Waals surface area (Å²) in [6.07, 6.45) is 0.0866. The number of carbonyl (C=O) groups excluding carboxylic acids is 2. The number of quaternary nitrogens is 1. The average Bonchev–Trinajstić information content (AvgIpc) is 2.88. The largest absolute Gasteiger partial charge is 0.525 e. The van der Waals surface area contributed by atoms with Gasteiger partial charge in [-0.25, -0.2) is 4.79 Å². The average molecular weight is 462 g/mol. The maximum atomic E-state index is 13.3. The van der Waals surface area contributed by atoms with Gasteiger partial charge in [0.2, 0.25) is 0 Å². The van der Waals surface area contributed by atoms with Gasteiger partial charge in [-0.15, -0.1) is 4.48 Å². The molecule has 1 aliphatic rings. The minimum atomic E-state index is -0.813. The Bertz CT molecular complexity index is 1050. The number of urea groups is 1. The lowest BCUT2D eigenvalue weighted by atomic mass is 9.86. The van der Waals surface area contributed by atoms with Crippen molar-refractivity contribution in [1.82, 2.24) is 0 Å². The summed E-state index contributed by atoms with van der Waals surface area (Å²) in [5.74, 6) is -0.339. The monoisotopic (exact) mass is 461 g/mol. The summed E-state index contributed by atoms with van der Waals surface area (Å²) >= 11 is 6.58. The van der Waals surface area contributed by atoms with Crippen LogP contribution in [-0.4, -0.2) is 45.5 Å². The number of amides is 3. The SMILES string of the molecule is CCc1cc2c(c(Cl)c1O)CC[N+](C(N)=O)(C(=O)OC(C)(C)C)CC2c1ccc(O)cc1. The first-order valence-electron chi connectivity index (χ1n) is 10.6. The topological polar surface area (TPSA) is 110 Å². The molecule has 8 heteroatoms. The number of hydrogen-bond donors (Lipinski definition) is 3. The Morgan fingerprint density at radius 1 is 1.22 bits per heavy atom. The molecule has 1 aliphatic heterocycles. The first-order valence-corrected chi connectivity index (χ1v) is 11.0. The highest BCUT2D eigenvalue weighted by molar-refractivity contribution is 6.33. The molecular weight excluding hydrogens is 432 g/mol. The number of aryl methyl sites for hydroxylation is 1. The van der Waals surface area contributed by atoms with Gasteiger partial charge < -0.3 is 20.7 Å². The number of halogens is 1. The predicted octanol–water partition coefficient (Wildman–Crippen LogP) is 4.83. The third-order valence-corrected chi connectivity index (χ3v) is 6.32. The molecule has 4 N–H and O–H groups in total. The Morgan fingerprint density at radius 2 is 1.84 bits per heavy atom. The van der Waals surface area contributed by atoms with E-state index < -0.39 is 28.1 Å². The van der Waals surface area contributed by atoms with E-state index in [0.717, 1.165) is 11.1 Å². The maximum absolute atomic E-state index is 13.3. The summed E-state index contributed by atoms with van der Waals surface area (Å²) in [6, 6.07) is 7.65. The second-order valence-electron chi connectivity index (χ2n) is 9.21. The summed E-state index contributed by atoms with van der Waals surface area (Å²) in [7, 11) is 0. The summed E-state index contributed by atoms with van der Waals surface area (Å²) in [5, 5.41) is 20.6. The Morgan fingerprint density at radius 3 is 2.38 bits per heavy atom. The lowest BCUT2D eigenvalue weighted by molar-refractivity contribution is -0.777. The lowest BCUT2D eigenvalue weighted by Gasteiger charge is -2.33. The number of hydrogen-bond acceptors (Lipinski definition) is 5. The highest BCUT2D eigenvalue weighted by Crippen LogP contribution is 2.43. The van der Waals surface area contributed by atoms with E-state index in [1.54, 1.807) is 45.0 Å². The first-order chi connectivity index (χ1) is 14.9. The van der Waals surface area contributed by atoms with Crippen LogP contribution in [0, 0.1) is 0 Å². The molecule has 0 fully saturated rings. The van der Waals surface area contributed by atoms with E-state index in [4.69, 9.17) is 22.1 Å². The molecule has 0 saturated carbocycles. The molecule has 0 aromatic heterocycles. The number of nitrogens with two attached hydrogens (primary N) is 1. The molecule has 2 aromatic carbocycles. The van der Waals surface area contributed by atoms with Crippen LogP contribution in [0.5, 0.6) is 11.5 Å². The van der Waals surface area contributed by atoms with Gasteiger partial charge in [-0.05, 0) is 61.6 Å². The van der Waals surface area contributed by atoms with Crippen LogP contribution in [-0.2, 0) is 17.6 Å². The van der Waals surface area contributed by atoms with E-state index in [0.29, 0.717) is 17.5 Å². The minimum Gasteiger partial charge on any atom is -0.508 e. The van der Waals surface area contributed by atoms with Crippen LogP contribution in [0.15, 0.2) is 30.3 Å². The Labute approximate surface area is 192 Å². The van der Waals surface area contributed by atoms with Crippen LogP contribution in [0.2, 0.25) is 5.02 Å². The molecule has 3 rings (SSSR count). The number of ether oxygens (including phenoxy) is 1. The number of nitrogens with zero attached hydrogens (tertiary/aromatic N) is 1. The molecule has 7 nitrogen and oxygen atoms in total. The molecule has 0 radical (unpaired) electrons. The van der Waals surface area contributed by atoms with E-state index in [-0.39, 0.29) is 36.0 Å². The van der Waals surface area contributed by atoms with Crippen molar-refractivity contribution in [3.8, 4) is 11.5 Å². The minimum absolute atomic E-state index is 0.00807. The molecular formula is C24H30ClN2O5+. The van der Waals surface area contributed by atoms with E-state index in [1.807, 2.05) is 13.0 Å². The van der Waals surface area contributed by atoms with Crippen LogP contribution in [0.4, 0.5) is 9.59 Å². The van der Waals surface area contributed by atoms with Gasteiger partial charge in [0.1, 0.15) is 30.2 Å². The van der Waals surface area contributed by atoms with E-state index in [2.05, 4.69) is 0 Å². The van der Waals surface area contributed by atoms with Crippen LogP contribution in [0.25, 0.3) is 0 Å². The van der Waals surface area contributed by atoms with Crippen molar-refractivity contribution >= 4 is 23.7 Å². The normalized spacial score (nSPS) is 20.8. The number of rotatable bonds is 2. The van der Waals surface area contributed by atoms with Gasteiger partial charge in [0.05, 0.1) is 10.9 Å². The zero-order valence-electron chi connectivity index (χ0n) is 18.8. The number of benzene rings is 2. The van der Waals surface area contributed by atoms with Crippen molar-refractivity contribution in [2.45, 2.75) is 52.1 Å². The van der Waals surface area contributed by atoms with Crippen molar-refractivity contribution in [1.29, 1.82) is 0 Å². The van der Waals surface area contributed by atoms with Gasteiger partial charge in [0.25, 0.3) is 0 Å². The maximum Gasteiger partial charge on any atom is 0.525 e. The number of phenols is 2. The van der Waals surface area contributed by atoms with Crippen molar-refractivity contribution < 1.29 is 29.0 Å².